The molecule has 0 aliphatic heterocycles. The van der Waals surface area contributed by atoms with Gasteiger partial charge in [-0.25, -0.2) is 0 Å². The highest BCUT2D eigenvalue weighted by Gasteiger charge is 2.18. The average Bonchev–Trinajstić information content (AvgIpc) is 2.05. The van der Waals surface area contributed by atoms with Crippen LogP contribution in [-0.2, 0) is 4.79 Å². The first-order chi connectivity index (χ1) is 5.72. The molecule has 1 N–H and O–H groups in total. The quantitative estimate of drug-likeness (QED) is 0.625. The molecule has 0 atom stereocenters. The molecule has 0 bridgehead atoms. The van der Waals surface area contributed by atoms with E-state index in [-0.39, 0.29) is 5.91 Å². The predicted molar refractivity (Wildman–Crippen MR) is 49.8 cm³/mol. The van der Waals surface area contributed by atoms with E-state index in [2.05, 4.69) is 11.9 Å². The van der Waals surface area contributed by atoms with Gasteiger partial charge < -0.3 is 5.32 Å². The molecule has 1 aliphatic rings. The summed E-state index contributed by atoms with van der Waals surface area (Å²) in [6, 6.07) is 0.415. The molecular weight excluding hydrogens is 150 g/mol. The predicted octanol–water partition coefficient (Wildman–Crippen LogP) is 1.87. The molecule has 1 saturated carbocycles. The van der Waals surface area contributed by atoms with E-state index in [9.17, 15) is 4.79 Å². The summed E-state index contributed by atoms with van der Waals surface area (Å²) in [4.78, 5) is 10.7. The average molecular weight is 167 g/mol. The highest BCUT2D eigenvalue weighted by atomic mass is 16.1. The Morgan fingerprint density at radius 3 is 2.42 bits per heavy atom. The summed E-state index contributed by atoms with van der Waals surface area (Å²) < 4.78 is 0. The van der Waals surface area contributed by atoms with Gasteiger partial charge in [-0.2, -0.15) is 0 Å². The van der Waals surface area contributed by atoms with Crippen LogP contribution in [0.15, 0.2) is 12.7 Å². The number of carbonyl (C=O) groups excluding carboxylic acids is 1. The molecule has 0 unspecified atom stereocenters. The monoisotopic (exact) mass is 167 g/mol. The molecule has 0 spiro atoms. The minimum Gasteiger partial charge on any atom is -0.354 e. The Morgan fingerprint density at radius 1 is 1.42 bits per heavy atom. The lowest BCUT2D eigenvalue weighted by Gasteiger charge is -2.26. The highest BCUT2D eigenvalue weighted by molar-refractivity contribution is 5.73. The molecule has 0 aromatic heterocycles. The van der Waals surface area contributed by atoms with Gasteiger partial charge in [0.2, 0.25) is 5.91 Å². The highest BCUT2D eigenvalue weighted by Crippen LogP contribution is 2.24. The van der Waals surface area contributed by atoms with Crippen molar-refractivity contribution in [3.63, 3.8) is 0 Å². The van der Waals surface area contributed by atoms with Gasteiger partial charge in [0, 0.05) is 13.0 Å². The summed E-state index contributed by atoms with van der Waals surface area (Å²) in [6.07, 6.45) is 6.60. The molecule has 0 radical (unpaired) electrons. The first-order valence-corrected chi connectivity index (χ1v) is 4.62. The summed E-state index contributed by atoms with van der Waals surface area (Å²) in [5.41, 5.74) is 0. The zero-order valence-corrected chi connectivity index (χ0v) is 7.68. The first kappa shape index (κ1) is 9.30. The zero-order valence-electron chi connectivity index (χ0n) is 7.68. The van der Waals surface area contributed by atoms with E-state index in [0.29, 0.717) is 12.0 Å². The van der Waals surface area contributed by atoms with Gasteiger partial charge in [0.15, 0.2) is 0 Å². The lowest BCUT2D eigenvalue weighted by Crippen LogP contribution is -2.35. The van der Waals surface area contributed by atoms with Crippen molar-refractivity contribution in [2.45, 2.75) is 38.6 Å². The number of hydrogen-bond donors (Lipinski definition) is 1. The van der Waals surface area contributed by atoms with Crippen molar-refractivity contribution < 1.29 is 4.79 Å². The fraction of sp³-hybridized carbons (Fsp3) is 0.700. The second-order valence-electron chi connectivity index (χ2n) is 3.55. The molecule has 0 aromatic rings. The fourth-order valence-electron chi connectivity index (χ4n) is 1.79. The van der Waals surface area contributed by atoms with Gasteiger partial charge in [-0.05, 0) is 31.6 Å². The molecule has 2 nitrogen and oxygen atoms in total. The Kier molecular flexibility index (Phi) is 3.32. The minimum atomic E-state index is 0.0945. The Hall–Kier alpha value is -0.790. The molecule has 12 heavy (non-hydrogen) atoms. The Labute approximate surface area is 74.0 Å². The maximum absolute atomic E-state index is 10.7. The number of rotatable bonds is 2. The summed E-state index contributed by atoms with van der Waals surface area (Å²) in [7, 11) is 0. The van der Waals surface area contributed by atoms with Crippen LogP contribution >= 0.6 is 0 Å². The molecule has 1 amide bonds. The SMILES string of the molecule is C=CC1CCC(NC(C)=O)CC1. The van der Waals surface area contributed by atoms with E-state index >= 15 is 0 Å². The van der Waals surface area contributed by atoms with E-state index in [0.717, 1.165) is 12.8 Å². The van der Waals surface area contributed by atoms with Crippen molar-refractivity contribution in [3.8, 4) is 0 Å². The van der Waals surface area contributed by atoms with E-state index in [1.54, 1.807) is 6.92 Å². The van der Waals surface area contributed by atoms with Crippen LogP contribution in [0.4, 0.5) is 0 Å². The topological polar surface area (TPSA) is 29.1 Å². The maximum Gasteiger partial charge on any atom is 0.217 e. The van der Waals surface area contributed by atoms with Gasteiger partial charge >= 0.3 is 0 Å². The number of hydrogen-bond acceptors (Lipinski definition) is 1. The lowest BCUT2D eigenvalue weighted by molar-refractivity contribution is -0.119. The van der Waals surface area contributed by atoms with Gasteiger partial charge in [0.05, 0.1) is 0 Å². The Bertz CT molecular complexity index is 169. The molecule has 1 rings (SSSR count). The van der Waals surface area contributed by atoms with Gasteiger partial charge in [0.1, 0.15) is 0 Å². The molecule has 1 fully saturated rings. The van der Waals surface area contributed by atoms with Crippen LogP contribution in [0, 0.1) is 5.92 Å². The first-order valence-electron chi connectivity index (χ1n) is 4.62. The number of carbonyl (C=O) groups is 1. The van der Waals surface area contributed by atoms with Crippen molar-refractivity contribution in [1.82, 2.24) is 5.32 Å². The second kappa shape index (κ2) is 4.29. The summed E-state index contributed by atoms with van der Waals surface area (Å²) in [5, 5.41) is 2.95. The number of allylic oxidation sites excluding steroid dienone is 1. The molecular formula is C10H17NO. The molecule has 0 heterocycles. The lowest BCUT2D eigenvalue weighted by atomic mass is 9.86. The van der Waals surface area contributed by atoms with E-state index < -0.39 is 0 Å². The number of nitrogens with one attached hydrogen (secondary N) is 1. The van der Waals surface area contributed by atoms with Crippen molar-refractivity contribution in [2.24, 2.45) is 5.92 Å². The van der Waals surface area contributed by atoms with Crippen LogP contribution in [0.1, 0.15) is 32.6 Å². The van der Waals surface area contributed by atoms with Gasteiger partial charge in [-0.1, -0.05) is 6.08 Å². The maximum atomic E-state index is 10.7. The fourth-order valence-corrected chi connectivity index (χ4v) is 1.79. The third kappa shape index (κ3) is 2.68. The number of amides is 1. The van der Waals surface area contributed by atoms with Crippen LogP contribution in [0.3, 0.4) is 0 Å². The largest absolute Gasteiger partial charge is 0.354 e. The molecule has 68 valence electrons. The van der Waals surface area contributed by atoms with Crippen molar-refractivity contribution >= 4 is 5.91 Å². The van der Waals surface area contributed by atoms with Crippen molar-refractivity contribution in [1.29, 1.82) is 0 Å². The van der Waals surface area contributed by atoms with E-state index in [4.69, 9.17) is 0 Å². The van der Waals surface area contributed by atoms with Crippen molar-refractivity contribution in [2.75, 3.05) is 0 Å². The third-order valence-corrected chi connectivity index (χ3v) is 2.51. The van der Waals surface area contributed by atoms with Gasteiger partial charge in [-0.3, -0.25) is 4.79 Å². The molecule has 0 saturated heterocycles. The van der Waals surface area contributed by atoms with Gasteiger partial charge in [-0.15, -0.1) is 6.58 Å². The Morgan fingerprint density at radius 2 is 2.00 bits per heavy atom. The molecule has 1 aliphatic carbocycles. The van der Waals surface area contributed by atoms with Crippen LogP contribution in [-0.4, -0.2) is 11.9 Å². The minimum absolute atomic E-state index is 0.0945. The smallest absolute Gasteiger partial charge is 0.217 e. The second-order valence-corrected chi connectivity index (χ2v) is 3.55. The van der Waals surface area contributed by atoms with Gasteiger partial charge in [0.25, 0.3) is 0 Å². The Balaban J connectivity index is 2.26. The normalized spacial score (nSPS) is 29.4. The summed E-state index contributed by atoms with van der Waals surface area (Å²) in [6.45, 7) is 5.37. The van der Waals surface area contributed by atoms with E-state index in [1.165, 1.54) is 12.8 Å². The third-order valence-electron chi connectivity index (χ3n) is 2.51. The molecule has 2 heteroatoms. The van der Waals surface area contributed by atoms with Crippen LogP contribution in [0.5, 0.6) is 0 Å². The van der Waals surface area contributed by atoms with E-state index in [1.807, 2.05) is 6.08 Å². The standard InChI is InChI=1S/C10H17NO/c1-3-9-4-6-10(7-5-9)11-8(2)12/h3,9-10H,1,4-7H2,2H3,(H,11,12). The molecule has 0 aromatic carbocycles. The zero-order chi connectivity index (χ0) is 8.97. The van der Waals surface area contributed by atoms with Crippen LogP contribution in [0.2, 0.25) is 0 Å². The van der Waals surface area contributed by atoms with Crippen LogP contribution in [0.25, 0.3) is 0 Å². The summed E-state index contributed by atoms with van der Waals surface area (Å²) in [5.74, 6) is 0.770. The summed E-state index contributed by atoms with van der Waals surface area (Å²) >= 11 is 0. The van der Waals surface area contributed by atoms with Crippen molar-refractivity contribution in [3.05, 3.63) is 12.7 Å². The van der Waals surface area contributed by atoms with Crippen LogP contribution < -0.4 is 5.32 Å².